The number of carbonyl (C=O) groups is 2. The van der Waals surface area contributed by atoms with Gasteiger partial charge in [0.2, 0.25) is 11.8 Å². The lowest BCUT2D eigenvalue weighted by atomic mass is 10.1. The molecule has 2 amide bonds. The average Bonchev–Trinajstić information content (AvgIpc) is 3.14. The maximum absolute atomic E-state index is 12.8. The quantitative estimate of drug-likeness (QED) is 0.771. The summed E-state index contributed by atoms with van der Waals surface area (Å²) in [5.74, 6) is 0.197. The summed E-state index contributed by atoms with van der Waals surface area (Å²) < 4.78 is 0. The van der Waals surface area contributed by atoms with Crippen LogP contribution in [0.5, 0.6) is 0 Å². The van der Waals surface area contributed by atoms with E-state index in [1.807, 2.05) is 9.80 Å². The second-order valence-corrected chi connectivity index (χ2v) is 7.21. The normalized spacial score (nSPS) is 30.2. The van der Waals surface area contributed by atoms with E-state index in [1.54, 1.807) is 0 Å². The molecule has 0 saturated carbocycles. The molecule has 3 atom stereocenters. The van der Waals surface area contributed by atoms with Crippen molar-refractivity contribution < 1.29 is 9.59 Å². The second kappa shape index (κ2) is 9.95. The highest BCUT2D eigenvalue weighted by Crippen LogP contribution is 2.25. The van der Waals surface area contributed by atoms with Crippen LogP contribution in [0.15, 0.2) is 0 Å². The number of nitrogens with one attached hydrogen (secondary N) is 1. The zero-order valence-corrected chi connectivity index (χ0v) is 16.9. The third-order valence-electron chi connectivity index (χ3n) is 5.68. The molecular weight excluding hydrogens is 363 g/mol. The van der Waals surface area contributed by atoms with Crippen LogP contribution in [-0.4, -0.2) is 84.4 Å². The molecule has 146 valence electrons. The van der Waals surface area contributed by atoms with Gasteiger partial charge in [0.05, 0.1) is 5.92 Å². The minimum atomic E-state index is -0.139. The van der Waals surface area contributed by atoms with Crippen molar-refractivity contribution in [2.45, 2.75) is 45.2 Å². The third-order valence-corrected chi connectivity index (χ3v) is 5.68. The van der Waals surface area contributed by atoms with E-state index in [9.17, 15) is 9.59 Å². The van der Waals surface area contributed by atoms with Crippen molar-refractivity contribution in [1.29, 1.82) is 0 Å². The van der Waals surface area contributed by atoms with Crippen molar-refractivity contribution in [1.82, 2.24) is 20.0 Å². The number of carbonyl (C=O) groups excluding carboxylic acids is 2. The maximum atomic E-state index is 12.8. The Morgan fingerprint density at radius 2 is 2.04 bits per heavy atom. The molecule has 3 aliphatic heterocycles. The van der Waals surface area contributed by atoms with Crippen molar-refractivity contribution in [3.63, 3.8) is 0 Å². The standard InChI is InChI=1S/C17H30N4O2.2ClH/c1-3-19-7-4-5-15(19)12-20-11-14(9-16(20)22)17(23)21-8-6-18-10-13(21)2;;/h13-15,18H,3-12H2,1-2H3;2*1H/t13-,14?,15?;;/m1../s1. The van der Waals surface area contributed by atoms with Gasteiger partial charge in [0.1, 0.15) is 0 Å². The van der Waals surface area contributed by atoms with Gasteiger partial charge in [0, 0.05) is 51.2 Å². The zero-order chi connectivity index (χ0) is 16.4. The molecular formula is C17H32Cl2N4O2. The van der Waals surface area contributed by atoms with Gasteiger partial charge in [0.15, 0.2) is 0 Å². The number of halogens is 2. The molecule has 3 saturated heterocycles. The first-order valence-corrected chi connectivity index (χ1v) is 9.13. The van der Waals surface area contributed by atoms with Crippen molar-refractivity contribution in [3.8, 4) is 0 Å². The second-order valence-electron chi connectivity index (χ2n) is 7.21. The lowest BCUT2D eigenvalue weighted by Gasteiger charge is -2.35. The largest absolute Gasteiger partial charge is 0.340 e. The lowest BCUT2D eigenvalue weighted by Crippen LogP contribution is -2.54. The van der Waals surface area contributed by atoms with Crippen LogP contribution in [0.1, 0.15) is 33.1 Å². The number of nitrogens with zero attached hydrogens (tertiary/aromatic N) is 3. The maximum Gasteiger partial charge on any atom is 0.228 e. The van der Waals surface area contributed by atoms with E-state index in [2.05, 4.69) is 24.1 Å². The van der Waals surface area contributed by atoms with E-state index in [0.29, 0.717) is 19.0 Å². The summed E-state index contributed by atoms with van der Waals surface area (Å²) >= 11 is 0. The van der Waals surface area contributed by atoms with Gasteiger partial charge in [0.25, 0.3) is 0 Å². The molecule has 0 bridgehead atoms. The molecule has 0 spiro atoms. The van der Waals surface area contributed by atoms with Gasteiger partial charge in [-0.05, 0) is 32.9 Å². The van der Waals surface area contributed by atoms with Gasteiger partial charge in [-0.2, -0.15) is 0 Å². The number of hydrogen-bond donors (Lipinski definition) is 1. The molecule has 0 radical (unpaired) electrons. The fourth-order valence-electron chi connectivity index (χ4n) is 4.29. The number of likely N-dealkylation sites (tertiary alicyclic amines) is 2. The summed E-state index contributed by atoms with van der Waals surface area (Å²) in [6.45, 7) is 10.3. The molecule has 6 nitrogen and oxygen atoms in total. The van der Waals surface area contributed by atoms with Crippen LogP contribution in [0.3, 0.4) is 0 Å². The van der Waals surface area contributed by atoms with Crippen LogP contribution in [0.4, 0.5) is 0 Å². The lowest BCUT2D eigenvalue weighted by molar-refractivity contribution is -0.138. The van der Waals surface area contributed by atoms with Crippen molar-refractivity contribution in [3.05, 3.63) is 0 Å². The molecule has 3 rings (SSSR count). The molecule has 0 aromatic rings. The minimum absolute atomic E-state index is 0. The van der Waals surface area contributed by atoms with Crippen LogP contribution in [0.2, 0.25) is 0 Å². The van der Waals surface area contributed by atoms with Crippen molar-refractivity contribution >= 4 is 36.6 Å². The molecule has 8 heteroatoms. The van der Waals surface area contributed by atoms with Crippen molar-refractivity contribution in [2.75, 3.05) is 45.8 Å². The van der Waals surface area contributed by atoms with E-state index in [4.69, 9.17) is 0 Å². The van der Waals surface area contributed by atoms with Gasteiger partial charge in [-0.3, -0.25) is 14.5 Å². The van der Waals surface area contributed by atoms with Crippen LogP contribution < -0.4 is 5.32 Å². The first-order chi connectivity index (χ1) is 11.1. The Balaban J connectivity index is 0.00000156. The van der Waals surface area contributed by atoms with E-state index in [-0.39, 0.29) is 48.6 Å². The van der Waals surface area contributed by atoms with Gasteiger partial charge in [-0.25, -0.2) is 0 Å². The van der Waals surface area contributed by atoms with Gasteiger partial charge in [-0.15, -0.1) is 24.8 Å². The fourth-order valence-corrected chi connectivity index (χ4v) is 4.29. The molecule has 1 N–H and O–H groups in total. The number of amides is 2. The molecule has 3 fully saturated rings. The predicted molar refractivity (Wildman–Crippen MR) is 103 cm³/mol. The zero-order valence-electron chi connectivity index (χ0n) is 15.3. The molecule has 0 aromatic heterocycles. The van der Waals surface area contributed by atoms with E-state index >= 15 is 0 Å². The van der Waals surface area contributed by atoms with Crippen LogP contribution in [-0.2, 0) is 9.59 Å². The first-order valence-electron chi connectivity index (χ1n) is 9.13. The highest BCUT2D eigenvalue weighted by atomic mass is 35.5. The van der Waals surface area contributed by atoms with Gasteiger partial charge in [-0.1, -0.05) is 6.92 Å². The van der Waals surface area contributed by atoms with Crippen LogP contribution >= 0.6 is 24.8 Å². The molecule has 0 aliphatic carbocycles. The SMILES string of the molecule is CCN1CCCC1CN1CC(C(=O)N2CCNC[C@H]2C)CC1=O.Cl.Cl. The van der Waals surface area contributed by atoms with E-state index < -0.39 is 0 Å². The Labute approximate surface area is 163 Å². The predicted octanol–water partition coefficient (Wildman–Crippen LogP) is 0.983. The monoisotopic (exact) mass is 394 g/mol. The Morgan fingerprint density at radius 1 is 1.28 bits per heavy atom. The van der Waals surface area contributed by atoms with Crippen LogP contribution in [0.25, 0.3) is 0 Å². The summed E-state index contributed by atoms with van der Waals surface area (Å²) in [6.07, 6.45) is 2.79. The Kier molecular flexibility index (Phi) is 8.95. The third kappa shape index (κ3) is 5.00. The first kappa shape index (κ1) is 22.5. The average molecular weight is 395 g/mol. The highest BCUT2D eigenvalue weighted by molar-refractivity contribution is 5.89. The van der Waals surface area contributed by atoms with E-state index in [0.717, 1.165) is 39.3 Å². The highest BCUT2D eigenvalue weighted by Gasteiger charge is 2.39. The summed E-state index contributed by atoms with van der Waals surface area (Å²) in [6, 6.07) is 0.710. The van der Waals surface area contributed by atoms with Gasteiger partial charge < -0.3 is 15.1 Å². The molecule has 0 aromatic carbocycles. The Morgan fingerprint density at radius 3 is 2.72 bits per heavy atom. The Hall–Kier alpha value is -0.560. The fraction of sp³-hybridized carbons (Fsp3) is 0.882. The number of piperazine rings is 1. The summed E-state index contributed by atoms with van der Waals surface area (Å²) in [5.41, 5.74) is 0. The number of hydrogen-bond acceptors (Lipinski definition) is 4. The number of likely N-dealkylation sites (N-methyl/N-ethyl adjacent to an activating group) is 1. The molecule has 25 heavy (non-hydrogen) atoms. The summed E-state index contributed by atoms with van der Waals surface area (Å²) in [4.78, 5) is 31.5. The van der Waals surface area contributed by atoms with Crippen LogP contribution in [0, 0.1) is 5.92 Å². The van der Waals surface area contributed by atoms with Crippen molar-refractivity contribution in [2.24, 2.45) is 5.92 Å². The summed E-state index contributed by atoms with van der Waals surface area (Å²) in [7, 11) is 0. The summed E-state index contributed by atoms with van der Waals surface area (Å²) in [5, 5.41) is 3.31. The topological polar surface area (TPSA) is 55.9 Å². The smallest absolute Gasteiger partial charge is 0.228 e. The number of rotatable bonds is 4. The van der Waals surface area contributed by atoms with E-state index in [1.165, 1.54) is 12.8 Å². The molecule has 3 heterocycles. The molecule has 3 aliphatic rings. The minimum Gasteiger partial charge on any atom is -0.340 e. The van der Waals surface area contributed by atoms with Gasteiger partial charge >= 0.3 is 0 Å². The Bertz CT molecular complexity index is 466. The molecule has 2 unspecified atom stereocenters.